The van der Waals surface area contributed by atoms with E-state index in [1.54, 1.807) is 17.5 Å². The molecule has 3 aromatic rings. The van der Waals surface area contributed by atoms with Gasteiger partial charge in [-0.25, -0.2) is 4.98 Å². The minimum atomic E-state index is 0.0719. The van der Waals surface area contributed by atoms with Gasteiger partial charge in [-0.05, 0) is 47.7 Å². The van der Waals surface area contributed by atoms with Crippen LogP contribution >= 0.6 is 22.7 Å². The molecule has 0 bridgehead atoms. The SMILES string of the molecule is O=C(c1ccc(Oc2nccs2)cc1)N1CCc2sccc2C1. The predicted molar refractivity (Wildman–Crippen MR) is 91.4 cm³/mol. The Morgan fingerprint density at radius 3 is 2.78 bits per heavy atom. The van der Waals surface area contributed by atoms with E-state index in [1.807, 2.05) is 34.5 Å². The lowest BCUT2D eigenvalue weighted by Gasteiger charge is -2.27. The lowest BCUT2D eigenvalue weighted by molar-refractivity contribution is 0.0736. The summed E-state index contributed by atoms with van der Waals surface area (Å²) in [7, 11) is 0. The first-order valence-corrected chi connectivity index (χ1v) is 9.07. The molecule has 2 aromatic heterocycles. The van der Waals surface area contributed by atoms with E-state index in [2.05, 4.69) is 16.4 Å². The van der Waals surface area contributed by atoms with Crippen molar-refractivity contribution >= 4 is 28.6 Å². The van der Waals surface area contributed by atoms with Crippen molar-refractivity contribution in [1.82, 2.24) is 9.88 Å². The minimum absolute atomic E-state index is 0.0719. The Morgan fingerprint density at radius 2 is 2.00 bits per heavy atom. The first-order valence-electron chi connectivity index (χ1n) is 7.31. The summed E-state index contributed by atoms with van der Waals surface area (Å²) in [6.07, 6.45) is 2.65. The van der Waals surface area contributed by atoms with Crippen molar-refractivity contribution in [1.29, 1.82) is 0 Å². The molecule has 0 atom stereocenters. The molecule has 0 saturated carbocycles. The highest BCUT2D eigenvalue weighted by Crippen LogP contribution is 2.26. The first-order chi connectivity index (χ1) is 11.3. The van der Waals surface area contributed by atoms with Gasteiger partial charge >= 0.3 is 0 Å². The van der Waals surface area contributed by atoms with Gasteiger partial charge in [-0.2, -0.15) is 0 Å². The maximum atomic E-state index is 12.6. The summed E-state index contributed by atoms with van der Waals surface area (Å²) < 4.78 is 5.62. The zero-order chi connectivity index (χ0) is 15.6. The van der Waals surface area contributed by atoms with Crippen LogP contribution in [0.3, 0.4) is 0 Å². The molecule has 0 N–H and O–H groups in total. The Kier molecular flexibility index (Phi) is 3.85. The molecule has 23 heavy (non-hydrogen) atoms. The molecule has 1 aromatic carbocycles. The Bertz CT molecular complexity index is 810. The smallest absolute Gasteiger partial charge is 0.278 e. The standard InChI is InChI=1S/C17H14N2O2S2/c20-16(19-8-5-15-13(11-19)6-9-22-15)12-1-3-14(4-2-12)21-17-18-7-10-23-17/h1-4,6-7,9-10H,5,8,11H2. The van der Waals surface area contributed by atoms with Crippen LogP contribution in [0, 0.1) is 0 Å². The van der Waals surface area contributed by atoms with Gasteiger partial charge in [0, 0.05) is 35.1 Å². The van der Waals surface area contributed by atoms with Gasteiger partial charge in [0.15, 0.2) is 0 Å². The predicted octanol–water partition coefficient (Wildman–Crippen LogP) is 4.20. The van der Waals surface area contributed by atoms with Gasteiger partial charge in [0.2, 0.25) is 0 Å². The number of thiophene rings is 1. The van der Waals surface area contributed by atoms with Crippen molar-refractivity contribution in [2.45, 2.75) is 13.0 Å². The third-order valence-corrected chi connectivity index (χ3v) is 5.48. The number of ether oxygens (including phenoxy) is 1. The Balaban J connectivity index is 1.46. The summed E-state index contributed by atoms with van der Waals surface area (Å²) in [6, 6.07) is 9.37. The van der Waals surface area contributed by atoms with E-state index < -0.39 is 0 Å². The second-order valence-corrected chi connectivity index (χ2v) is 7.13. The molecular weight excluding hydrogens is 328 g/mol. The summed E-state index contributed by atoms with van der Waals surface area (Å²) in [4.78, 5) is 20.0. The molecule has 0 unspecified atom stereocenters. The van der Waals surface area contributed by atoms with Gasteiger partial charge < -0.3 is 9.64 Å². The molecule has 0 radical (unpaired) electrons. The van der Waals surface area contributed by atoms with Crippen molar-refractivity contribution in [3.63, 3.8) is 0 Å². The average molecular weight is 342 g/mol. The van der Waals surface area contributed by atoms with E-state index in [4.69, 9.17) is 4.74 Å². The van der Waals surface area contributed by atoms with Gasteiger partial charge in [0.25, 0.3) is 11.1 Å². The molecule has 1 aliphatic heterocycles. The average Bonchev–Trinajstić information content (AvgIpc) is 3.25. The number of hydrogen-bond acceptors (Lipinski definition) is 5. The van der Waals surface area contributed by atoms with Crippen LogP contribution in [-0.4, -0.2) is 22.3 Å². The van der Waals surface area contributed by atoms with Crippen LogP contribution in [0.1, 0.15) is 20.8 Å². The number of carbonyl (C=O) groups excluding carboxylic acids is 1. The van der Waals surface area contributed by atoms with E-state index in [1.165, 1.54) is 21.8 Å². The maximum absolute atomic E-state index is 12.6. The third kappa shape index (κ3) is 3.00. The number of nitrogens with zero attached hydrogens (tertiary/aromatic N) is 2. The fourth-order valence-electron chi connectivity index (χ4n) is 2.63. The van der Waals surface area contributed by atoms with E-state index in [9.17, 15) is 4.79 Å². The quantitative estimate of drug-likeness (QED) is 0.716. The third-order valence-electron chi connectivity index (χ3n) is 3.81. The number of benzene rings is 1. The first kappa shape index (κ1) is 14.4. The van der Waals surface area contributed by atoms with Gasteiger partial charge in [0.05, 0.1) is 0 Å². The normalized spacial score (nSPS) is 13.7. The van der Waals surface area contributed by atoms with E-state index in [0.29, 0.717) is 23.1 Å². The lowest BCUT2D eigenvalue weighted by atomic mass is 10.1. The van der Waals surface area contributed by atoms with Crippen molar-refractivity contribution in [3.05, 3.63) is 63.3 Å². The van der Waals surface area contributed by atoms with E-state index >= 15 is 0 Å². The molecular formula is C17H14N2O2S2. The van der Waals surface area contributed by atoms with E-state index in [0.717, 1.165) is 13.0 Å². The zero-order valence-electron chi connectivity index (χ0n) is 12.3. The van der Waals surface area contributed by atoms with Crippen LogP contribution in [0.2, 0.25) is 0 Å². The molecule has 1 aliphatic rings. The summed E-state index contributed by atoms with van der Waals surface area (Å²) in [5.74, 6) is 0.762. The van der Waals surface area contributed by atoms with Crippen molar-refractivity contribution in [2.75, 3.05) is 6.54 Å². The van der Waals surface area contributed by atoms with Gasteiger partial charge in [-0.1, -0.05) is 11.3 Å². The summed E-state index contributed by atoms with van der Waals surface area (Å²) in [6.45, 7) is 1.48. The molecule has 3 heterocycles. The Morgan fingerprint density at radius 1 is 1.13 bits per heavy atom. The number of aromatic nitrogens is 1. The number of thiazole rings is 1. The van der Waals surface area contributed by atoms with Gasteiger partial charge in [0.1, 0.15) is 5.75 Å². The van der Waals surface area contributed by atoms with Crippen LogP contribution in [-0.2, 0) is 13.0 Å². The maximum Gasteiger partial charge on any atom is 0.278 e. The highest BCUT2D eigenvalue weighted by molar-refractivity contribution is 7.11. The molecule has 1 amide bonds. The monoisotopic (exact) mass is 342 g/mol. The van der Waals surface area contributed by atoms with Gasteiger partial charge in [-0.15, -0.1) is 11.3 Å². The van der Waals surface area contributed by atoms with Crippen LogP contribution in [0.5, 0.6) is 10.9 Å². The van der Waals surface area contributed by atoms with Gasteiger partial charge in [-0.3, -0.25) is 4.79 Å². The summed E-state index contributed by atoms with van der Waals surface area (Å²) in [5, 5.41) is 4.57. The van der Waals surface area contributed by atoms with Crippen LogP contribution in [0.25, 0.3) is 0 Å². The molecule has 0 spiro atoms. The number of hydrogen-bond donors (Lipinski definition) is 0. The van der Waals surface area contributed by atoms with Crippen LogP contribution in [0.4, 0.5) is 0 Å². The molecule has 116 valence electrons. The van der Waals surface area contributed by atoms with Crippen molar-refractivity contribution in [2.24, 2.45) is 0 Å². The van der Waals surface area contributed by atoms with Crippen LogP contribution < -0.4 is 4.74 Å². The van der Waals surface area contributed by atoms with Crippen molar-refractivity contribution < 1.29 is 9.53 Å². The molecule has 4 nitrogen and oxygen atoms in total. The summed E-state index contributed by atoms with van der Waals surface area (Å²) in [5.41, 5.74) is 1.97. The highest BCUT2D eigenvalue weighted by Gasteiger charge is 2.22. The van der Waals surface area contributed by atoms with Crippen molar-refractivity contribution in [3.8, 4) is 10.9 Å². The fraction of sp³-hybridized carbons (Fsp3) is 0.176. The number of carbonyl (C=O) groups is 1. The number of fused-ring (bicyclic) bond motifs is 1. The second kappa shape index (κ2) is 6.14. The molecule has 6 heteroatoms. The summed E-state index contributed by atoms with van der Waals surface area (Å²) >= 11 is 3.22. The second-order valence-electron chi connectivity index (χ2n) is 5.27. The molecule has 4 rings (SSSR count). The Hall–Kier alpha value is -2.18. The molecule has 0 aliphatic carbocycles. The topological polar surface area (TPSA) is 42.4 Å². The highest BCUT2D eigenvalue weighted by atomic mass is 32.1. The molecule has 0 fully saturated rings. The largest absolute Gasteiger partial charge is 0.431 e. The molecule has 0 saturated heterocycles. The fourth-order valence-corrected chi connectivity index (χ4v) is 4.03. The van der Waals surface area contributed by atoms with Crippen LogP contribution in [0.15, 0.2) is 47.3 Å². The minimum Gasteiger partial charge on any atom is -0.431 e. The number of rotatable bonds is 3. The lowest BCUT2D eigenvalue weighted by Crippen LogP contribution is -2.35. The number of amides is 1. The zero-order valence-corrected chi connectivity index (χ0v) is 13.9. The van der Waals surface area contributed by atoms with E-state index in [-0.39, 0.29) is 5.91 Å². The Labute approximate surface area is 142 Å².